The molecule has 146 valence electrons. The van der Waals surface area contributed by atoms with Crippen molar-refractivity contribution in [3.63, 3.8) is 0 Å². The molecule has 0 bridgehead atoms. The number of aromatic nitrogens is 3. The van der Waals surface area contributed by atoms with Crippen LogP contribution in [0.2, 0.25) is 0 Å². The molecular weight excluding hydrogens is 362 g/mol. The smallest absolute Gasteiger partial charge is 0.320 e. The highest BCUT2D eigenvalue weighted by atomic mass is 16.5. The van der Waals surface area contributed by atoms with Crippen LogP contribution in [0, 0.1) is 0 Å². The second-order valence-corrected chi connectivity index (χ2v) is 5.69. The predicted molar refractivity (Wildman–Crippen MR) is 105 cm³/mol. The highest BCUT2D eigenvalue weighted by molar-refractivity contribution is 5.89. The highest BCUT2D eigenvalue weighted by Crippen LogP contribution is 2.40. The van der Waals surface area contributed by atoms with Crippen LogP contribution in [0.3, 0.4) is 0 Å². The molecule has 0 radical (unpaired) electrons. The van der Waals surface area contributed by atoms with E-state index < -0.39 is 0 Å². The number of amides is 2. The number of nitrogens with one attached hydrogen (secondary N) is 2. The summed E-state index contributed by atoms with van der Waals surface area (Å²) >= 11 is 0. The number of hydrogen-bond donors (Lipinski definition) is 2. The molecule has 9 heteroatoms. The average molecular weight is 383 g/mol. The SMILES string of the molecule is CCNC(=O)Nc1cnc2ccc(-c3cc(OC)c(OC)c(OC)c3)nc2n1. The average Bonchev–Trinajstić information content (AvgIpc) is 2.72. The van der Waals surface area contributed by atoms with Crippen molar-refractivity contribution < 1.29 is 19.0 Å². The van der Waals surface area contributed by atoms with Crippen LogP contribution < -0.4 is 24.8 Å². The Morgan fingerprint density at radius 1 is 1.04 bits per heavy atom. The van der Waals surface area contributed by atoms with Crippen molar-refractivity contribution in [2.75, 3.05) is 33.2 Å². The van der Waals surface area contributed by atoms with Gasteiger partial charge in [0.05, 0.1) is 33.2 Å². The minimum absolute atomic E-state index is 0.313. The van der Waals surface area contributed by atoms with Gasteiger partial charge in [0.15, 0.2) is 23.0 Å². The van der Waals surface area contributed by atoms with Gasteiger partial charge in [0, 0.05) is 12.1 Å². The van der Waals surface area contributed by atoms with E-state index in [-0.39, 0.29) is 6.03 Å². The summed E-state index contributed by atoms with van der Waals surface area (Å²) in [4.78, 5) is 24.9. The van der Waals surface area contributed by atoms with Crippen LogP contribution >= 0.6 is 0 Å². The van der Waals surface area contributed by atoms with Gasteiger partial charge in [-0.2, -0.15) is 0 Å². The molecule has 2 N–H and O–H groups in total. The molecule has 1 aromatic carbocycles. The van der Waals surface area contributed by atoms with E-state index in [0.29, 0.717) is 46.5 Å². The second-order valence-electron chi connectivity index (χ2n) is 5.69. The number of carbonyl (C=O) groups excluding carboxylic acids is 1. The lowest BCUT2D eigenvalue weighted by Gasteiger charge is -2.14. The molecule has 0 saturated carbocycles. The lowest BCUT2D eigenvalue weighted by atomic mass is 10.1. The van der Waals surface area contributed by atoms with Crippen LogP contribution in [0.5, 0.6) is 17.2 Å². The Morgan fingerprint density at radius 3 is 2.36 bits per heavy atom. The fourth-order valence-electron chi connectivity index (χ4n) is 2.67. The first-order valence-electron chi connectivity index (χ1n) is 8.58. The summed E-state index contributed by atoms with van der Waals surface area (Å²) in [6.07, 6.45) is 1.48. The molecule has 0 fully saturated rings. The first kappa shape index (κ1) is 19.2. The number of pyridine rings is 1. The van der Waals surface area contributed by atoms with E-state index in [0.717, 1.165) is 5.56 Å². The number of rotatable bonds is 6. The van der Waals surface area contributed by atoms with Crippen LogP contribution in [0.4, 0.5) is 10.6 Å². The second kappa shape index (κ2) is 8.38. The number of ether oxygens (including phenoxy) is 3. The summed E-state index contributed by atoms with van der Waals surface area (Å²) in [7, 11) is 4.66. The van der Waals surface area contributed by atoms with E-state index in [2.05, 4.69) is 25.6 Å². The van der Waals surface area contributed by atoms with Crippen molar-refractivity contribution in [3.8, 4) is 28.5 Å². The zero-order valence-electron chi connectivity index (χ0n) is 16.1. The molecule has 2 heterocycles. The predicted octanol–water partition coefficient (Wildman–Crippen LogP) is 2.86. The van der Waals surface area contributed by atoms with E-state index in [1.165, 1.54) is 6.20 Å². The van der Waals surface area contributed by atoms with Crippen molar-refractivity contribution in [3.05, 3.63) is 30.5 Å². The Kier molecular flexibility index (Phi) is 5.73. The first-order chi connectivity index (χ1) is 13.6. The van der Waals surface area contributed by atoms with Gasteiger partial charge in [-0.3, -0.25) is 5.32 Å². The molecular formula is C19H21N5O4. The Morgan fingerprint density at radius 2 is 1.75 bits per heavy atom. The summed E-state index contributed by atoms with van der Waals surface area (Å²) in [6, 6.07) is 6.90. The molecule has 0 spiro atoms. The summed E-state index contributed by atoms with van der Waals surface area (Å²) in [5.74, 6) is 1.86. The number of anilines is 1. The van der Waals surface area contributed by atoms with Crippen molar-refractivity contribution >= 4 is 23.0 Å². The molecule has 3 aromatic rings. The summed E-state index contributed by atoms with van der Waals surface area (Å²) in [5.41, 5.74) is 2.43. The largest absolute Gasteiger partial charge is 0.493 e. The molecule has 0 saturated heterocycles. The Bertz CT molecular complexity index is 984. The molecule has 9 nitrogen and oxygen atoms in total. The minimum Gasteiger partial charge on any atom is -0.493 e. The molecule has 0 unspecified atom stereocenters. The van der Waals surface area contributed by atoms with Gasteiger partial charge in [-0.25, -0.2) is 19.7 Å². The number of methoxy groups -OCH3 is 3. The van der Waals surface area contributed by atoms with E-state index in [9.17, 15) is 4.79 Å². The van der Waals surface area contributed by atoms with Gasteiger partial charge >= 0.3 is 6.03 Å². The molecule has 28 heavy (non-hydrogen) atoms. The Balaban J connectivity index is 2.02. The Hall–Kier alpha value is -3.62. The summed E-state index contributed by atoms with van der Waals surface area (Å²) < 4.78 is 16.2. The van der Waals surface area contributed by atoms with Crippen molar-refractivity contribution in [1.29, 1.82) is 0 Å². The number of urea groups is 1. The fraction of sp³-hybridized carbons (Fsp3) is 0.263. The van der Waals surface area contributed by atoms with Gasteiger partial charge in [0.2, 0.25) is 5.75 Å². The summed E-state index contributed by atoms with van der Waals surface area (Å²) in [6.45, 7) is 2.34. The number of hydrogen-bond acceptors (Lipinski definition) is 7. The fourth-order valence-corrected chi connectivity index (χ4v) is 2.67. The Labute approximate surface area is 162 Å². The van der Waals surface area contributed by atoms with Crippen LogP contribution in [0.25, 0.3) is 22.4 Å². The number of carbonyl (C=O) groups is 1. The van der Waals surface area contributed by atoms with Gasteiger partial charge in [-0.1, -0.05) is 0 Å². The van der Waals surface area contributed by atoms with Gasteiger partial charge in [-0.15, -0.1) is 0 Å². The van der Waals surface area contributed by atoms with E-state index in [1.54, 1.807) is 33.5 Å². The standard InChI is InChI=1S/C19H21N5O4/c1-5-20-19(25)24-16-10-21-13-7-6-12(22-18(13)23-16)11-8-14(26-2)17(28-4)15(9-11)27-3/h6-10H,5H2,1-4H3,(H2,20,22,23,24,25). The maximum atomic E-state index is 11.7. The van der Waals surface area contributed by atoms with Crippen molar-refractivity contribution in [2.45, 2.75) is 6.92 Å². The van der Waals surface area contributed by atoms with E-state index in [4.69, 9.17) is 14.2 Å². The van der Waals surface area contributed by atoms with Crippen LogP contribution in [-0.2, 0) is 0 Å². The van der Waals surface area contributed by atoms with Gasteiger partial charge in [0.25, 0.3) is 0 Å². The quantitative estimate of drug-likeness (QED) is 0.674. The van der Waals surface area contributed by atoms with E-state index in [1.807, 2.05) is 19.1 Å². The van der Waals surface area contributed by atoms with Crippen LogP contribution in [0.1, 0.15) is 6.92 Å². The minimum atomic E-state index is -0.350. The van der Waals surface area contributed by atoms with Crippen LogP contribution in [-0.4, -0.2) is 48.9 Å². The van der Waals surface area contributed by atoms with Gasteiger partial charge < -0.3 is 19.5 Å². The zero-order valence-corrected chi connectivity index (χ0v) is 16.1. The summed E-state index contributed by atoms with van der Waals surface area (Å²) in [5, 5.41) is 5.26. The van der Waals surface area contributed by atoms with Gasteiger partial charge in [-0.05, 0) is 31.2 Å². The number of fused-ring (bicyclic) bond motifs is 1. The first-order valence-corrected chi connectivity index (χ1v) is 8.58. The number of benzene rings is 1. The maximum Gasteiger partial charge on any atom is 0.320 e. The molecule has 3 rings (SSSR count). The third kappa shape index (κ3) is 3.88. The molecule has 0 aliphatic carbocycles. The van der Waals surface area contributed by atoms with Crippen molar-refractivity contribution in [2.24, 2.45) is 0 Å². The molecule has 2 aromatic heterocycles. The molecule has 0 aliphatic rings. The third-order valence-electron chi connectivity index (χ3n) is 3.95. The third-order valence-corrected chi connectivity index (χ3v) is 3.95. The topological polar surface area (TPSA) is 107 Å². The van der Waals surface area contributed by atoms with Crippen LogP contribution in [0.15, 0.2) is 30.5 Å². The zero-order chi connectivity index (χ0) is 20.1. The lowest BCUT2D eigenvalue weighted by molar-refractivity contribution is 0.252. The molecule has 0 atom stereocenters. The van der Waals surface area contributed by atoms with Gasteiger partial charge in [0.1, 0.15) is 5.52 Å². The lowest BCUT2D eigenvalue weighted by Crippen LogP contribution is -2.28. The maximum absolute atomic E-state index is 11.7. The molecule has 2 amide bonds. The monoisotopic (exact) mass is 383 g/mol. The highest BCUT2D eigenvalue weighted by Gasteiger charge is 2.15. The normalized spacial score (nSPS) is 10.4. The van der Waals surface area contributed by atoms with Crippen molar-refractivity contribution in [1.82, 2.24) is 20.3 Å². The van der Waals surface area contributed by atoms with E-state index >= 15 is 0 Å². The number of nitrogens with zero attached hydrogens (tertiary/aromatic N) is 3. The molecule has 0 aliphatic heterocycles.